The van der Waals surface area contributed by atoms with Crippen molar-refractivity contribution in [1.82, 2.24) is 25.3 Å². The minimum atomic E-state index is -0.665. The molecule has 0 unspecified atom stereocenters. The first-order valence-electron chi connectivity index (χ1n) is 9.02. The number of nitrogens with zero attached hydrogens (tertiary/aromatic N) is 3. The number of hydrogen-bond donors (Lipinski definition) is 3. The fraction of sp³-hybridized carbons (Fsp3) is 0.316. The van der Waals surface area contributed by atoms with Crippen molar-refractivity contribution in [1.29, 1.82) is 0 Å². The highest BCUT2D eigenvalue weighted by Crippen LogP contribution is 2.48. The maximum Gasteiger partial charge on any atom is 0.247 e. The van der Waals surface area contributed by atoms with Gasteiger partial charge in [0.05, 0.1) is 23.4 Å². The van der Waals surface area contributed by atoms with Crippen molar-refractivity contribution in [3.63, 3.8) is 0 Å². The number of carbonyl (C=O) groups excluding carboxylic acids is 2. The number of fused-ring (bicyclic) bond motifs is 1. The van der Waals surface area contributed by atoms with E-state index in [0.29, 0.717) is 16.8 Å². The number of amides is 2. The molecule has 4 rings (SSSR count). The van der Waals surface area contributed by atoms with Crippen molar-refractivity contribution in [3.8, 4) is 0 Å². The number of aromatic amines is 1. The average molecular weight is 443 g/mol. The van der Waals surface area contributed by atoms with E-state index in [0.717, 1.165) is 23.3 Å². The Morgan fingerprint density at radius 1 is 1.29 bits per heavy atom. The number of aromatic nitrogens is 4. The average Bonchev–Trinajstić information content (AvgIpc) is 3.29. The van der Waals surface area contributed by atoms with Crippen LogP contribution in [0.1, 0.15) is 31.5 Å². The number of halogens is 1. The molecule has 1 aromatic carbocycles. The van der Waals surface area contributed by atoms with E-state index in [1.807, 2.05) is 24.3 Å². The second-order valence-electron chi connectivity index (χ2n) is 6.95. The maximum atomic E-state index is 12.3. The molecule has 3 N–H and O–H groups in total. The Labute approximate surface area is 169 Å². The van der Waals surface area contributed by atoms with Crippen LogP contribution in [0, 0.1) is 5.92 Å². The van der Waals surface area contributed by atoms with E-state index in [1.165, 1.54) is 12.4 Å². The highest BCUT2D eigenvalue weighted by molar-refractivity contribution is 9.10. The Morgan fingerprint density at radius 3 is 2.86 bits per heavy atom. The molecule has 2 heterocycles. The van der Waals surface area contributed by atoms with E-state index >= 15 is 0 Å². The van der Waals surface area contributed by atoms with Crippen molar-refractivity contribution in [3.05, 3.63) is 47.1 Å². The SMILES string of the molecule is C[C@@H](NC(=O)C[C@H]1C[C@H]1c1nc2ccccc2[nH]1)C(=O)Nc1cnc(Br)cn1. The van der Waals surface area contributed by atoms with Gasteiger partial charge in [0, 0.05) is 12.3 Å². The third-order valence-electron chi connectivity index (χ3n) is 4.77. The van der Waals surface area contributed by atoms with Gasteiger partial charge in [0.1, 0.15) is 16.5 Å². The summed E-state index contributed by atoms with van der Waals surface area (Å²) in [5, 5.41) is 5.37. The lowest BCUT2D eigenvalue weighted by molar-refractivity contribution is -0.126. The van der Waals surface area contributed by atoms with Gasteiger partial charge in [-0.3, -0.25) is 9.59 Å². The summed E-state index contributed by atoms with van der Waals surface area (Å²) < 4.78 is 0.579. The molecule has 0 bridgehead atoms. The zero-order valence-corrected chi connectivity index (χ0v) is 16.7. The van der Waals surface area contributed by atoms with E-state index < -0.39 is 6.04 Å². The van der Waals surface area contributed by atoms with Crippen molar-refractivity contribution in [2.24, 2.45) is 5.92 Å². The number of nitrogens with one attached hydrogen (secondary N) is 3. The molecule has 1 aliphatic carbocycles. The number of anilines is 1. The highest BCUT2D eigenvalue weighted by atomic mass is 79.9. The van der Waals surface area contributed by atoms with Crippen LogP contribution in [0.3, 0.4) is 0 Å². The van der Waals surface area contributed by atoms with E-state index in [4.69, 9.17) is 0 Å². The second kappa shape index (κ2) is 7.67. The zero-order valence-electron chi connectivity index (χ0n) is 15.1. The lowest BCUT2D eigenvalue weighted by Crippen LogP contribution is -2.41. The molecule has 0 saturated heterocycles. The summed E-state index contributed by atoms with van der Waals surface area (Å²) in [7, 11) is 0. The molecule has 2 amide bonds. The normalized spacial score (nSPS) is 19.2. The molecule has 0 aliphatic heterocycles. The number of benzene rings is 1. The monoisotopic (exact) mass is 442 g/mol. The minimum Gasteiger partial charge on any atom is -0.345 e. The van der Waals surface area contributed by atoms with E-state index in [2.05, 4.69) is 46.5 Å². The lowest BCUT2D eigenvalue weighted by atomic mass is 10.2. The maximum absolute atomic E-state index is 12.3. The van der Waals surface area contributed by atoms with Crippen LogP contribution in [-0.4, -0.2) is 37.8 Å². The van der Waals surface area contributed by atoms with Crippen molar-refractivity contribution in [2.75, 3.05) is 5.32 Å². The first-order chi connectivity index (χ1) is 13.5. The number of imidazole rings is 1. The third-order valence-corrected chi connectivity index (χ3v) is 5.18. The van der Waals surface area contributed by atoms with Crippen LogP contribution in [0.2, 0.25) is 0 Å². The molecule has 0 radical (unpaired) electrons. The van der Waals surface area contributed by atoms with Crippen LogP contribution in [-0.2, 0) is 9.59 Å². The van der Waals surface area contributed by atoms with Crippen LogP contribution < -0.4 is 10.6 Å². The molecule has 3 aromatic rings. The van der Waals surface area contributed by atoms with Gasteiger partial charge in [0.15, 0.2) is 5.82 Å². The Hall–Kier alpha value is -2.81. The summed E-state index contributed by atoms with van der Waals surface area (Å²) >= 11 is 3.18. The van der Waals surface area contributed by atoms with Crippen LogP contribution in [0.5, 0.6) is 0 Å². The fourth-order valence-corrected chi connectivity index (χ4v) is 3.38. The number of para-hydroxylation sites is 2. The number of carbonyl (C=O) groups is 2. The Bertz CT molecular complexity index is 986. The minimum absolute atomic E-state index is 0.145. The second-order valence-corrected chi connectivity index (χ2v) is 7.76. The number of H-pyrrole nitrogens is 1. The molecule has 28 heavy (non-hydrogen) atoms. The molecule has 3 atom stereocenters. The van der Waals surface area contributed by atoms with Crippen LogP contribution in [0.15, 0.2) is 41.3 Å². The summed E-state index contributed by atoms with van der Waals surface area (Å²) in [6.07, 6.45) is 4.22. The van der Waals surface area contributed by atoms with Crippen molar-refractivity contribution in [2.45, 2.75) is 31.7 Å². The lowest BCUT2D eigenvalue weighted by Gasteiger charge is -2.13. The van der Waals surface area contributed by atoms with Gasteiger partial charge in [0.2, 0.25) is 11.8 Å². The molecular formula is C19H19BrN6O2. The predicted octanol–water partition coefficient (Wildman–Crippen LogP) is 2.75. The van der Waals surface area contributed by atoms with E-state index in [1.54, 1.807) is 6.92 Å². The summed E-state index contributed by atoms with van der Waals surface area (Å²) in [5.74, 6) is 1.29. The summed E-state index contributed by atoms with van der Waals surface area (Å²) in [6.45, 7) is 1.64. The molecule has 1 saturated carbocycles. The predicted molar refractivity (Wildman–Crippen MR) is 108 cm³/mol. The Morgan fingerprint density at radius 2 is 2.11 bits per heavy atom. The molecule has 8 nitrogen and oxygen atoms in total. The van der Waals surface area contributed by atoms with Gasteiger partial charge in [0.25, 0.3) is 0 Å². The first-order valence-corrected chi connectivity index (χ1v) is 9.81. The summed E-state index contributed by atoms with van der Waals surface area (Å²) in [4.78, 5) is 40.5. The van der Waals surface area contributed by atoms with Crippen LogP contribution >= 0.6 is 15.9 Å². The van der Waals surface area contributed by atoms with Crippen molar-refractivity contribution >= 4 is 44.6 Å². The molecular weight excluding hydrogens is 424 g/mol. The van der Waals surface area contributed by atoms with E-state index in [-0.39, 0.29) is 23.7 Å². The van der Waals surface area contributed by atoms with Crippen LogP contribution in [0.25, 0.3) is 11.0 Å². The summed E-state index contributed by atoms with van der Waals surface area (Å²) in [5.41, 5.74) is 1.95. The largest absolute Gasteiger partial charge is 0.345 e. The molecule has 1 fully saturated rings. The number of rotatable bonds is 6. The zero-order chi connectivity index (χ0) is 19.7. The van der Waals surface area contributed by atoms with Gasteiger partial charge >= 0.3 is 0 Å². The van der Waals surface area contributed by atoms with Gasteiger partial charge in [-0.2, -0.15) is 0 Å². The Balaban J connectivity index is 1.27. The smallest absolute Gasteiger partial charge is 0.247 e. The first kappa shape index (κ1) is 18.5. The Kier molecular flexibility index (Phi) is 5.08. The highest BCUT2D eigenvalue weighted by Gasteiger charge is 2.42. The molecule has 9 heteroatoms. The summed E-state index contributed by atoms with van der Waals surface area (Å²) in [6, 6.07) is 7.22. The molecule has 144 valence electrons. The van der Waals surface area contributed by atoms with Gasteiger partial charge in [-0.1, -0.05) is 12.1 Å². The molecule has 0 spiro atoms. The molecule has 1 aliphatic rings. The van der Waals surface area contributed by atoms with Gasteiger partial charge in [-0.15, -0.1) is 0 Å². The quantitative estimate of drug-likeness (QED) is 0.543. The van der Waals surface area contributed by atoms with Gasteiger partial charge in [-0.05, 0) is 47.3 Å². The standard InChI is InChI=1S/C19H19BrN6O2/c1-10(19(28)26-16-9-21-15(20)8-22-16)23-17(27)7-11-6-12(11)18-24-13-4-2-3-5-14(13)25-18/h2-5,8-12H,6-7H2,1H3,(H,23,27)(H,24,25)(H,22,26,28)/t10-,11-,12-/m1/s1. The topological polar surface area (TPSA) is 113 Å². The van der Waals surface area contributed by atoms with Gasteiger partial charge in [-0.25, -0.2) is 15.0 Å². The fourth-order valence-electron chi connectivity index (χ4n) is 3.17. The number of hydrogen-bond acceptors (Lipinski definition) is 5. The van der Waals surface area contributed by atoms with E-state index in [9.17, 15) is 9.59 Å². The van der Waals surface area contributed by atoms with Crippen molar-refractivity contribution < 1.29 is 9.59 Å². The third kappa shape index (κ3) is 4.19. The van der Waals surface area contributed by atoms with Crippen LogP contribution in [0.4, 0.5) is 5.82 Å². The van der Waals surface area contributed by atoms with Gasteiger partial charge < -0.3 is 15.6 Å². The molecule has 2 aromatic heterocycles.